The highest BCUT2D eigenvalue weighted by Crippen LogP contribution is 2.41. The molecule has 0 bridgehead atoms. The molecule has 3 aromatic rings. The summed E-state index contributed by atoms with van der Waals surface area (Å²) in [5, 5.41) is 1.34. The molecule has 0 aliphatic carbocycles. The Morgan fingerprint density at radius 1 is 1.22 bits per heavy atom. The Morgan fingerprint density at radius 3 is 2.62 bits per heavy atom. The zero-order chi connectivity index (χ0) is 27.0. The lowest BCUT2D eigenvalue weighted by molar-refractivity contribution is -0.0503. The highest BCUT2D eigenvalue weighted by atomic mass is 32.2. The standard InChI is InChI=1S/C23H22F4N2O6S2/c1-4-14-17(24)6-5-12-7-13(34-11-32-2)8-15(20(12)14)19-9-18-16(10-33-19)21(29-22(28-18)36-3)35-37(30,31)23(25,26)27/h5-8,19H,4,9-11H2,1-3H3. The van der Waals surface area contributed by atoms with E-state index in [0.717, 1.165) is 11.8 Å². The van der Waals surface area contributed by atoms with Crippen LogP contribution in [-0.4, -0.2) is 44.1 Å². The summed E-state index contributed by atoms with van der Waals surface area (Å²) in [5.41, 5.74) is -4.34. The molecule has 0 radical (unpaired) electrons. The van der Waals surface area contributed by atoms with Crippen molar-refractivity contribution in [3.05, 3.63) is 52.5 Å². The minimum Gasteiger partial charge on any atom is -0.468 e. The van der Waals surface area contributed by atoms with Crippen molar-refractivity contribution in [1.82, 2.24) is 9.97 Å². The third kappa shape index (κ3) is 5.47. The van der Waals surface area contributed by atoms with E-state index in [9.17, 15) is 26.0 Å². The van der Waals surface area contributed by atoms with Gasteiger partial charge in [-0.1, -0.05) is 24.8 Å². The molecule has 4 rings (SSSR count). The van der Waals surface area contributed by atoms with Gasteiger partial charge in [0.05, 0.1) is 24.0 Å². The maximum atomic E-state index is 14.7. The summed E-state index contributed by atoms with van der Waals surface area (Å²) >= 11 is 1.01. The van der Waals surface area contributed by atoms with Crippen LogP contribution >= 0.6 is 11.8 Å². The number of ether oxygens (including phenoxy) is 3. The fraction of sp³-hybridized carbons (Fsp3) is 0.391. The van der Waals surface area contributed by atoms with Crippen molar-refractivity contribution in [2.75, 3.05) is 20.2 Å². The zero-order valence-electron chi connectivity index (χ0n) is 19.9. The number of nitrogens with zero attached hydrogens (tertiary/aromatic N) is 2. The number of hydrogen-bond donors (Lipinski definition) is 0. The summed E-state index contributed by atoms with van der Waals surface area (Å²) in [4.78, 5) is 8.19. The van der Waals surface area contributed by atoms with E-state index in [1.165, 1.54) is 13.2 Å². The lowest BCUT2D eigenvalue weighted by atomic mass is 9.91. The molecule has 0 saturated carbocycles. The molecule has 2 aromatic carbocycles. The average molecular weight is 563 g/mol. The normalized spacial score (nSPS) is 16.0. The van der Waals surface area contributed by atoms with Crippen LogP contribution in [0, 0.1) is 5.82 Å². The van der Waals surface area contributed by atoms with Gasteiger partial charge in [-0.05, 0) is 52.8 Å². The molecule has 0 amide bonds. The Morgan fingerprint density at radius 2 is 1.97 bits per heavy atom. The first-order chi connectivity index (χ1) is 17.5. The van der Waals surface area contributed by atoms with Crippen molar-refractivity contribution in [2.24, 2.45) is 0 Å². The second kappa shape index (κ2) is 10.6. The van der Waals surface area contributed by atoms with E-state index in [0.29, 0.717) is 34.1 Å². The van der Waals surface area contributed by atoms with E-state index in [4.69, 9.17) is 14.2 Å². The molecular formula is C23H22F4N2O6S2. The molecule has 1 atom stereocenters. The SMILES string of the molecule is CCc1c(F)ccc2cc(OCOC)cc(C3Cc4nc(SC)nc(OS(=O)(=O)C(F)(F)F)c4CO3)c12. The van der Waals surface area contributed by atoms with Crippen LogP contribution in [0.3, 0.4) is 0 Å². The van der Waals surface area contributed by atoms with Crippen LogP contribution in [0.15, 0.2) is 29.4 Å². The monoisotopic (exact) mass is 562 g/mol. The van der Waals surface area contributed by atoms with Gasteiger partial charge >= 0.3 is 15.6 Å². The molecule has 8 nitrogen and oxygen atoms in total. The number of fused-ring (bicyclic) bond motifs is 2. The predicted octanol–water partition coefficient (Wildman–Crippen LogP) is 5.08. The van der Waals surface area contributed by atoms with E-state index < -0.39 is 33.4 Å². The van der Waals surface area contributed by atoms with Crippen LogP contribution < -0.4 is 8.92 Å². The molecule has 0 saturated heterocycles. The Labute approximate surface area is 214 Å². The quantitative estimate of drug-likeness (QED) is 0.0930. The molecule has 1 unspecified atom stereocenters. The van der Waals surface area contributed by atoms with Gasteiger partial charge in [0.1, 0.15) is 11.6 Å². The Balaban J connectivity index is 1.82. The number of benzene rings is 2. The van der Waals surface area contributed by atoms with E-state index in [1.54, 1.807) is 24.5 Å². The van der Waals surface area contributed by atoms with Crippen molar-refractivity contribution in [2.45, 2.75) is 43.1 Å². The van der Waals surface area contributed by atoms with Crippen molar-refractivity contribution in [1.29, 1.82) is 0 Å². The van der Waals surface area contributed by atoms with Gasteiger partial charge in [0.15, 0.2) is 11.9 Å². The molecule has 0 N–H and O–H groups in total. The Bertz CT molecular complexity index is 1430. The Kier molecular flexibility index (Phi) is 7.83. The second-order valence-corrected chi connectivity index (χ2v) is 10.3. The van der Waals surface area contributed by atoms with Gasteiger partial charge in [0, 0.05) is 13.5 Å². The number of hydrogen-bond acceptors (Lipinski definition) is 9. The number of alkyl halides is 3. The number of thioether (sulfide) groups is 1. The number of halogens is 4. The first kappa shape index (κ1) is 27.4. The third-order valence-electron chi connectivity index (χ3n) is 5.71. The van der Waals surface area contributed by atoms with Gasteiger partial charge < -0.3 is 18.4 Å². The fourth-order valence-electron chi connectivity index (χ4n) is 4.06. The second-order valence-electron chi connectivity index (χ2n) is 7.97. The van der Waals surface area contributed by atoms with Crippen LogP contribution in [0.4, 0.5) is 17.6 Å². The minimum absolute atomic E-state index is 0.0140. The first-order valence-electron chi connectivity index (χ1n) is 10.9. The number of methoxy groups -OCH3 is 1. The number of aryl methyl sites for hydroxylation is 1. The number of aromatic nitrogens is 2. The van der Waals surface area contributed by atoms with Crippen molar-refractivity contribution >= 4 is 32.7 Å². The predicted molar refractivity (Wildman–Crippen MR) is 126 cm³/mol. The van der Waals surface area contributed by atoms with E-state index in [-0.39, 0.29) is 36.2 Å². The molecule has 14 heteroatoms. The molecule has 1 aliphatic heterocycles. The van der Waals surface area contributed by atoms with Crippen LogP contribution in [0.1, 0.15) is 35.4 Å². The van der Waals surface area contributed by atoms with Gasteiger partial charge in [-0.3, -0.25) is 0 Å². The molecular weight excluding hydrogens is 540 g/mol. The van der Waals surface area contributed by atoms with Crippen LogP contribution in [-0.2, 0) is 39.0 Å². The molecule has 37 heavy (non-hydrogen) atoms. The molecule has 200 valence electrons. The lowest BCUT2D eigenvalue weighted by Gasteiger charge is -2.28. The maximum absolute atomic E-state index is 14.7. The summed E-state index contributed by atoms with van der Waals surface area (Å²) in [6, 6.07) is 6.42. The largest absolute Gasteiger partial charge is 0.534 e. The van der Waals surface area contributed by atoms with E-state index >= 15 is 0 Å². The topological polar surface area (TPSA) is 96.8 Å². The van der Waals surface area contributed by atoms with E-state index in [2.05, 4.69) is 14.2 Å². The van der Waals surface area contributed by atoms with Gasteiger partial charge in [-0.25, -0.2) is 9.37 Å². The van der Waals surface area contributed by atoms with Gasteiger partial charge in [-0.2, -0.15) is 26.6 Å². The Hall–Kier alpha value is -2.68. The molecule has 0 fully saturated rings. The first-order valence-corrected chi connectivity index (χ1v) is 13.5. The fourth-order valence-corrected chi connectivity index (χ4v) is 4.88. The summed E-state index contributed by atoms with van der Waals surface area (Å²) in [6.45, 7) is 1.45. The zero-order valence-corrected chi connectivity index (χ0v) is 21.5. The molecule has 1 aromatic heterocycles. The summed E-state index contributed by atoms with van der Waals surface area (Å²) in [6.07, 6.45) is 1.31. The maximum Gasteiger partial charge on any atom is 0.534 e. The van der Waals surface area contributed by atoms with Crippen molar-refractivity contribution in [3.8, 4) is 11.6 Å². The van der Waals surface area contributed by atoms with Crippen LogP contribution in [0.25, 0.3) is 10.8 Å². The van der Waals surface area contributed by atoms with Crippen molar-refractivity contribution in [3.63, 3.8) is 0 Å². The van der Waals surface area contributed by atoms with Crippen LogP contribution in [0.5, 0.6) is 11.6 Å². The van der Waals surface area contributed by atoms with Gasteiger partial charge in [-0.15, -0.1) is 0 Å². The van der Waals surface area contributed by atoms with E-state index in [1.807, 2.05) is 6.92 Å². The van der Waals surface area contributed by atoms with Crippen molar-refractivity contribution < 1.29 is 44.4 Å². The smallest absolute Gasteiger partial charge is 0.468 e. The highest BCUT2D eigenvalue weighted by molar-refractivity contribution is 7.98. The average Bonchev–Trinajstić information content (AvgIpc) is 2.85. The highest BCUT2D eigenvalue weighted by Gasteiger charge is 2.49. The lowest BCUT2D eigenvalue weighted by Crippen LogP contribution is -2.29. The third-order valence-corrected chi connectivity index (χ3v) is 7.20. The van der Waals surface area contributed by atoms with Gasteiger partial charge in [0.2, 0.25) is 5.88 Å². The number of rotatable bonds is 8. The molecule has 1 aliphatic rings. The molecule has 2 heterocycles. The minimum atomic E-state index is -5.96. The summed E-state index contributed by atoms with van der Waals surface area (Å²) < 4.78 is 97.8. The summed E-state index contributed by atoms with van der Waals surface area (Å²) in [7, 11) is -4.49. The molecule has 0 spiro atoms. The van der Waals surface area contributed by atoms with Crippen LogP contribution in [0.2, 0.25) is 0 Å². The van der Waals surface area contributed by atoms with Gasteiger partial charge in [0.25, 0.3) is 0 Å². The summed E-state index contributed by atoms with van der Waals surface area (Å²) in [5.74, 6) is -0.689.